The minimum Gasteiger partial charge on any atom is -0.350 e. The predicted octanol–water partition coefficient (Wildman–Crippen LogP) is 4.04. The maximum atomic E-state index is 13.6. The summed E-state index contributed by atoms with van der Waals surface area (Å²) in [4.78, 5) is 15.0. The van der Waals surface area contributed by atoms with Crippen molar-refractivity contribution < 1.29 is 9.18 Å². The number of nitriles is 1. The molecule has 1 saturated heterocycles. The van der Waals surface area contributed by atoms with Gasteiger partial charge in [0, 0.05) is 12.1 Å². The average molecular weight is 365 g/mol. The fourth-order valence-corrected chi connectivity index (χ4v) is 3.62. The number of halogens is 1. The number of hydrogen-bond donors (Lipinski definition) is 1. The maximum absolute atomic E-state index is 13.6. The molecular weight excluding hydrogens is 341 g/mol. The van der Waals surface area contributed by atoms with Crippen LogP contribution < -0.4 is 5.32 Å². The monoisotopic (exact) mass is 365 g/mol. The first-order valence-electron chi connectivity index (χ1n) is 9.45. The van der Waals surface area contributed by atoms with Crippen molar-refractivity contribution in [2.24, 2.45) is 0 Å². The second-order valence-electron chi connectivity index (χ2n) is 6.93. The summed E-state index contributed by atoms with van der Waals surface area (Å²) in [6, 6.07) is 15.8. The van der Waals surface area contributed by atoms with E-state index in [1.54, 1.807) is 0 Å². The largest absolute Gasteiger partial charge is 0.350 e. The van der Waals surface area contributed by atoms with Crippen LogP contribution in [0, 0.1) is 17.1 Å². The molecule has 1 aliphatic rings. The van der Waals surface area contributed by atoms with E-state index in [1.807, 2.05) is 24.3 Å². The summed E-state index contributed by atoms with van der Waals surface area (Å²) >= 11 is 0. The predicted molar refractivity (Wildman–Crippen MR) is 103 cm³/mol. The number of carbonyl (C=O) groups is 1. The summed E-state index contributed by atoms with van der Waals surface area (Å²) in [6.07, 6.45) is 4.80. The number of rotatable bonds is 5. The molecule has 2 aromatic rings. The van der Waals surface area contributed by atoms with Crippen molar-refractivity contribution in [2.45, 2.75) is 31.7 Å². The summed E-state index contributed by atoms with van der Waals surface area (Å²) in [5.41, 5.74) is 1.48. The second kappa shape index (κ2) is 9.29. The molecule has 5 heteroatoms. The van der Waals surface area contributed by atoms with Crippen molar-refractivity contribution in [1.82, 2.24) is 10.2 Å². The van der Waals surface area contributed by atoms with Gasteiger partial charge in [0.05, 0.1) is 17.7 Å². The minimum atomic E-state index is -0.577. The van der Waals surface area contributed by atoms with Crippen molar-refractivity contribution in [2.75, 3.05) is 19.6 Å². The maximum Gasteiger partial charge on any atom is 0.251 e. The molecular formula is C22H24FN3O. The number of hydrogen-bond acceptors (Lipinski definition) is 3. The third-order valence-electron chi connectivity index (χ3n) is 5.01. The number of amides is 1. The summed E-state index contributed by atoms with van der Waals surface area (Å²) in [5.74, 6) is -0.937. The van der Waals surface area contributed by atoms with Crippen molar-refractivity contribution >= 4 is 5.91 Å². The number of benzene rings is 2. The van der Waals surface area contributed by atoms with Crippen LogP contribution in [-0.4, -0.2) is 30.4 Å². The van der Waals surface area contributed by atoms with Crippen LogP contribution in [0.2, 0.25) is 0 Å². The topological polar surface area (TPSA) is 56.1 Å². The van der Waals surface area contributed by atoms with Crippen LogP contribution in [0.15, 0.2) is 48.5 Å². The molecule has 0 aromatic heterocycles. The molecule has 1 fully saturated rings. The van der Waals surface area contributed by atoms with Crippen LogP contribution in [0.1, 0.15) is 53.2 Å². The Kier molecular flexibility index (Phi) is 6.56. The van der Waals surface area contributed by atoms with E-state index in [1.165, 1.54) is 25.0 Å². The highest BCUT2D eigenvalue weighted by Crippen LogP contribution is 2.24. The molecule has 4 nitrogen and oxygen atoms in total. The van der Waals surface area contributed by atoms with Gasteiger partial charge >= 0.3 is 0 Å². The first-order chi connectivity index (χ1) is 13.2. The summed E-state index contributed by atoms with van der Waals surface area (Å²) in [6.45, 7) is 2.46. The lowest BCUT2D eigenvalue weighted by atomic mass is 10.0. The fraction of sp³-hybridized carbons (Fsp3) is 0.364. The van der Waals surface area contributed by atoms with E-state index in [2.05, 4.69) is 22.3 Å². The van der Waals surface area contributed by atoms with Crippen LogP contribution in [0.5, 0.6) is 0 Å². The zero-order valence-electron chi connectivity index (χ0n) is 15.3. The van der Waals surface area contributed by atoms with E-state index in [9.17, 15) is 9.18 Å². The lowest BCUT2D eigenvalue weighted by Gasteiger charge is -2.31. The van der Waals surface area contributed by atoms with E-state index in [0.29, 0.717) is 6.54 Å². The molecule has 1 amide bonds. The van der Waals surface area contributed by atoms with E-state index in [0.717, 1.165) is 37.6 Å². The van der Waals surface area contributed by atoms with Gasteiger partial charge in [-0.05, 0) is 49.7 Å². The highest BCUT2D eigenvalue weighted by Gasteiger charge is 2.22. The molecule has 1 heterocycles. The van der Waals surface area contributed by atoms with E-state index in [4.69, 9.17) is 5.26 Å². The van der Waals surface area contributed by atoms with Gasteiger partial charge in [-0.3, -0.25) is 9.69 Å². The second-order valence-corrected chi connectivity index (χ2v) is 6.93. The SMILES string of the molecule is N#Cc1cc(F)cc(C(=O)NCC(c2ccccc2)N2CCCCCC2)c1. The van der Waals surface area contributed by atoms with Crippen LogP contribution in [-0.2, 0) is 0 Å². The first kappa shape index (κ1) is 19.1. The van der Waals surface area contributed by atoms with Gasteiger partial charge in [-0.25, -0.2) is 4.39 Å². The molecule has 1 aliphatic heterocycles. The Bertz CT molecular complexity index is 808. The lowest BCUT2D eigenvalue weighted by Crippen LogP contribution is -2.38. The molecule has 27 heavy (non-hydrogen) atoms. The molecule has 2 aromatic carbocycles. The van der Waals surface area contributed by atoms with Crippen molar-refractivity contribution in [3.8, 4) is 6.07 Å². The Morgan fingerprint density at radius 1 is 1.11 bits per heavy atom. The fourth-order valence-electron chi connectivity index (χ4n) is 3.62. The van der Waals surface area contributed by atoms with Crippen LogP contribution in [0.25, 0.3) is 0 Å². The number of nitrogens with zero attached hydrogens (tertiary/aromatic N) is 2. The molecule has 0 saturated carbocycles. The van der Waals surface area contributed by atoms with Crippen molar-refractivity contribution in [3.63, 3.8) is 0 Å². The van der Waals surface area contributed by atoms with E-state index < -0.39 is 5.82 Å². The lowest BCUT2D eigenvalue weighted by molar-refractivity contribution is 0.0932. The van der Waals surface area contributed by atoms with Crippen LogP contribution in [0.3, 0.4) is 0 Å². The molecule has 0 bridgehead atoms. The normalized spacial score (nSPS) is 16.1. The molecule has 1 atom stereocenters. The zero-order valence-corrected chi connectivity index (χ0v) is 15.3. The van der Waals surface area contributed by atoms with Gasteiger partial charge in [0.15, 0.2) is 0 Å². The molecule has 3 rings (SSSR count). The van der Waals surface area contributed by atoms with Gasteiger partial charge in [-0.2, -0.15) is 5.26 Å². The third-order valence-corrected chi connectivity index (χ3v) is 5.01. The number of likely N-dealkylation sites (tertiary alicyclic amines) is 1. The highest BCUT2D eigenvalue weighted by atomic mass is 19.1. The standard InChI is InChI=1S/C22H24FN3O/c23-20-13-17(15-24)12-19(14-20)22(27)25-16-21(18-8-4-3-5-9-18)26-10-6-1-2-7-11-26/h3-5,8-9,12-14,21H,1-2,6-7,10-11,16H2,(H,25,27). The Balaban J connectivity index is 1.75. The summed E-state index contributed by atoms with van der Waals surface area (Å²) in [5, 5.41) is 11.9. The Labute approximate surface area is 159 Å². The van der Waals surface area contributed by atoms with E-state index in [-0.39, 0.29) is 23.1 Å². The zero-order chi connectivity index (χ0) is 19.1. The number of carbonyl (C=O) groups excluding carboxylic acids is 1. The van der Waals surface area contributed by atoms with Gasteiger partial charge in [-0.15, -0.1) is 0 Å². The van der Waals surface area contributed by atoms with Gasteiger partial charge in [0.1, 0.15) is 5.82 Å². The molecule has 140 valence electrons. The summed E-state index contributed by atoms with van der Waals surface area (Å²) < 4.78 is 13.6. The van der Waals surface area contributed by atoms with Crippen LogP contribution in [0.4, 0.5) is 4.39 Å². The van der Waals surface area contributed by atoms with Crippen LogP contribution >= 0.6 is 0 Å². The Morgan fingerprint density at radius 2 is 1.81 bits per heavy atom. The molecule has 0 aliphatic carbocycles. The van der Waals surface area contributed by atoms with E-state index >= 15 is 0 Å². The molecule has 1 N–H and O–H groups in total. The molecule has 1 unspecified atom stereocenters. The summed E-state index contributed by atoms with van der Waals surface area (Å²) in [7, 11) is 0. The van der Waals surface area contributed by atoms with Gasteiger partial charge in [0.25, 0.3) is 5.91 Å². The third kappa shape index (κ3) is 5.15. The van der Waals surface area contributed by atoms with Gasteiger partial charge in [-0.1, -0.05) is 43.2 Å². The number of nitrogens with one attached hydrogen (secondary N) is 1. The van der Waals surface area contributed by atoms with Gasteiger partial charge < -0.3 is 5.32 Å². The Hall–Kier alpha value is -2.71. The molecule has 0 spiro atoms. The van der Waals surface area contributed by atoms with Crippen molar-refractivity contribution in [3.05, 3.63) is 71.0 Å². The minimum absolute atomic E-state index is 0.0808. The molecule has 0 radical (unpaired) electrons. The Morgan fingerprint density at radius 3 is 2.48 bits per heavy atom. The average Bonchev–Trinajstić information content (AvgIpc) is 2.98. The van der Waals surface area contributed by atoms with Crippen molar-refractivity contribution in [1.29, 1.82) is 5.26 Å². The van der Waals surface area contributed by atoms with Gasteiger partial charge in [0.2, 0.25) is 0 Å². The first-order valence-corrected chi connectivity index (χ1v) is 9.45. The highest BCUT2D eigenvalue weighted by molar-refractivity contribution is 5.94. The smallest absolute Gasteiger partial charge is 0.251 e. The quantitative estimate of drug-likeness (QED) is 0.870.